The number of carbonyl (C=O) groups is 3. The van der Waals surface area contributed by atoms with E-state index in [-0.39, 0.29) is 19.3 Å². The summed E-state index contributed by atoms with van der Waals surface area (Å²) in [6.07, 6.45) is 82.8. The molecule has 0 saturated heterocycles. The highest BCUT2D eigenvalue weighted by Crippen LogP contribution is 2.43. The van der Waals surface area contributed by atoms with Gasteiger partial charge in [-0.3, -0.25) is 23.4 Å². The van der Waals surface area contributed by atoms with Crippen LogP contribution in [-0.2, 0) is 42.2 Å². The molecule has 3 unspecified atom stereocenters. The molecule has 0 aliphatic carbocycles. The lowest BCUT2D eigenvalue weighted by Crippen LogP contribution is -2.30. The second-order valence-electron chi connectivity index (χ2n) is 18.3. The quantitative estimate of drug-likeness (QED) is 0.0197. The van der Waals surface area contributed by atoms with Crippen LogP contribution in [0, 0.1) is 0 Å². The molecule has 0 radical (unpaired) electrons. The maximum Gasteiger partial charge on any atom is 0.472 e. The second-order valence-corrected chi connectivity index (χ2v) is 19.8. The topological polar surface area (TPSA) is 155 Å². The summed E-state index contributed by atoms with van der Waals surface area (Å²) in [5.41, 5.74) is 0. The first-order valence-corrected chi connectivity index (χ1v) is 30.8. The van der Waals surface area contributed by atoms with Gasteiger partial charge >= 0.3 is 25.7 Å². The third-order valence-corrected chi connectivity index (χ3v) is 12.0. The molecular formula is C68H101O11P. The number of unbranched alkanes of at least 4 members (excludes halogenated alkanes) is 2. The molecule has 0 bridgehead atoms. The lowest BCUT2D eigenvalue weighted by Gasteiger charge is -2.21. The average Bonchev–Trinajstić information content (AvgIpc) is 3.45. The molecule has 0 aliphatic rings. The molecule has 0 amide bonds. The van der Waals surface area contributed by atoms with E-state index in [1.807, 2.05) is 30.4 Å². The summed E-state index contributed by atoms with van der Waals surface area (Å²) in [6, 6.07) is 0. The fraction of sp³-hybridized carbons (Fsp3) is 0.485. The average molecular weight is 1130 g/mol. The minimum absolute atomic E-state index is 0.0147. The molecule has 80 heavy (non-hydrogen) atoms. The first-order chi connectivity index (χ1) is 39.2. The molecule has 0 aromatic heterocycles. The van der Waals surface area contributed by atoms with Crippen molar-refractivity contribution in [3.8, 4) is 0 Å². The zero-order valence-corrected chi connectivity index (χ0v) is 49.8. The van der Waals surface area contributed by atoms with Crippen LogP contribution in [0.1, 0.15) is 175 Å². The Morgan fingerprint density at radius 2 is 0.625 bits per heavy atom. The maximum absolute atomic E-state index is 12.9. The number of aliphatic hydroxyl groups excluding tert-OH is 1. The third-order valence-electron chi connectivity index (χ3n) is 11.0. The Morgan fingerprint density at radius 3 is 0.938 bits per heavy atom. The number of hydrogen-bond acceptors (Lipinski definition) is 10. The van der Waals surface area contributed by atoms with Crippen LogP contribution in [0.4, 0.5) is 0 Å². The number of rotatable bonds is 51. The smallest absolute Gasteiger partial charge is 0.462 e. The molecule has 0 aromatic carbocycles. The van der Waals surface area contributed by atoms with Gasteiger partial charge in [-0.1, -0.05) is 215 Å². The van der Waals surface area contributed by atoms with Crippen molar-refractivity contribution >= 4 is 25.7 Å². The van der Waals surface area contributed by atoms with E-state index in [1.165, 1.54) is 0 Å². The number of phosphoric acid groups is 1. The van der Waals surface area contributed by atoms with Gasteiger partial charge in [-0.25, -0.2) is 4.57 Å². The van der Waals surface area contributed by atoms with Gasteiger partial charge in [0.05, 0.1) is 19.8 Å². The predicted molar refractivity (Wildman–Crippen MR) is 334 cm³/mol. The Bertz CT molecular complexity index is 2090. The molecule has 0 aliphatic heterocycles. The lowest BCUT2D eigenvalue weighted by molar-refractivity contribution is -0.161. The van der Waals surface area contributed by atoms with Crippen molar-refractivity contribution in [2.45, 2.75) is 187 Å². The minimum atomic E-state index is -4.82. The largest absolute Gasteiger partial charge is 0.472 e. The van der Waals surface area contributed by atoms with E-state index < -0.39 is 64.4 Å². The number of carbonyl (C=O) groups excluding carboxylic acids is 3. The van der Waals surface area contributed by atoms with Crippen molar-refractivity contribution in [3.63, 3.8) is 0 Å². The van der Waals surface area contributed by atoms with Gasteiger partial charge < -0.3 is 24.2 Å². The molecule has 0 spiro atoms. The molecule has 444 valence electrons. The standard InChI is InChI=1S/C68H101O11P/c1-4-7-10-13-16-19-22-25-28-30-32-34-37-40-43-46-49-52-55-58-67(71)78-64(60-69)62-76-80(73,74)77-63-65(61-75-66(70)57-54-51-48-45-42-39-36-27-24-21-18-15-12-9-6-3)79-68(72)59-56-53-50-47-44-41-38-35-33-31-29-26-23-20-17-14-11-8-5-2/h7-12,16-21,25-29,32-36,40-45,49-50,52-53,64-65,69H,4-6,13-15,22-24,30-31,37-39,46-48,51,54-63H2,1-3H3,(H,73,74)/b10-7-,11-8-,12-9-,19-16-,20-17-,21-18-,28-25-,29-26-,34-32-,35-33-,36-27-,43-40-,44-41-,45-42-,52-49-,53-50-. The van der Waals surface area contributed by atoms with E-state index in [0.717, 1.165) is 103 Å². The monoisotopic (exact) mass is 1120 g/mol. The minimum Gasteiger partial charge on any atom is -0.462 e. The number of esters is 3. The van der Waals surface area contributed by atoms with Crippen molar-refractivity contribution in [3.05, 3.63) is 194 Å². The zero-order valence-electron chi connectivity index (χ0n) is 48.9. The lowest BCUT2D eigenvalue weighted by atomic mass is 10.2. The van der Waals surface area contributed by atoms with E-state index >= 15 is 0 Å². The van der Waals surface area contributed by atoms with Crippen LogP contribution in [0.15, 0.2) is 194 Å². The van der Waals surface area contributed by atoms with Crippen LogP contribution < -0.4 is 0 Å². The van der Waals surface area contributed by atoms with Crippen LogP contribution >= 0.6 is 7.82 Å². The summed E-state index contributed by atoms with van der Waals surface area (Å²) in [6.45, 7) is 4.04. The number of ether oxygens (including phenoxy) is 3. The van der Waals surface area contributed by atoms with Crippen molar-refractivity contribution in [2.75, 3.05) is 26.4 Å². The van der Waals surface area contributed by atoms with Gasteiger partial charge in [0.25, 0.3) is 0 Å². The molecule has 0 saturated carbocycles. The van der Waals surface area contributed by atoms with Crippen molar-refractivity contribution in [1.82, 2.24) is 0 Å². The Labute approximate surface area is 483 Å². The van der Waals surface area contributed by atoms with Crippen molar-refractivity contribution in [2.24, 2.45) is 0 Å². The maximum atomic E-state index is 12.9. The molecule has 11 nitrogen and oxygen atoms in total. The zero-order chi connectivity index (χ0) is 58.3. The van der Waals surface area contributed by atoms with Crippen LogP contribution in [-0.4, -0.2) is 66.5 Å². The van der Waals surface area contributed by atoms with Gasteiger partial charge in [0.15, 0.2) is 6.10 Å². The van der Waals surface area contributed by atoms with Crippen LogP contribution in [0.25, 0.3) is 0 Å². The van der Waals surface area contributed by atoms with Gasteiger partial charge in [-0.2, -0.15) is 0 Å². The van der Waals surface area contributed by atoms with E-state index in [2.05, 4.69) is 185 Å². The molecule has 0 rings (SSSR count). The molecule has 3 atom stereocenters. The summed E-state index contributed by atoms with van der Waals surface area (Å²) in [7, 11) is -4.82. The van der Waals surface area contributed by atoms with Crippen LogP contribution in [0.3, 0.4) is 0 Å². The van der Waals surface area contributed by atoms with E-state index in [1.54, 1.807) is 0 Å². The first-order valence-electron chi connectivity index (χ1n) is 29.3. The normalized spacial score (nSPS) is 14.7. The first kappa shape index (κ1) is 74.3. The summed E-state index contributed by atoms with van der Waals surface area (Å²) >= 11 is 0. The number of hydrogen-bond donors (Lipinski definition) is 2. The number of aliphatic hydroxyl groups is 1. The Hall–Kier alpha value is -5.68. The third kappa shape index (κ3) is 57.0. The fourth-order valence-corrected chi connectivity index (χ4v) is 7.47. The van der Waals surface area contributed by atoms with Gasteiger partial charge in [-0.15, -0.1) is 0 Å². The van der Waals surface area contributed by atoms with Gasteiger partial charge in [0.1, 0.15) is 12.7 Å². The molecule has 2 N–H and O–H groups in total. The summed E-state index contributed by atoms with van der Waals surface area (Å²) in [5.74, 6) is -1.74. The van der Waals surface area contributed by atoms with Crippen LogP contribution in [0.5, 0.6) is 0 Å². The molecular weight excluding hydrogens is 1020 g/mol. The van der Waals surface area contributed by atoms with E-state index in [9.17, 15) is 28.9 Å². The van der Waals surface area contributed by atoms with Gasteiger partial charge in [0.2, 0.25) is 0 Å². The van der Waals surface area contributed by atoms with Gasteiger partial charge in [-0.05, 0) is 135 Å². The Morgan fingerprint density at radius 1 is 0.350 bits per heavy atom. The SMILES string of the molecule is CC/C=C\C/C=C\C/C=C\C/C=C\C/C=C\C/C=C\CCC(=O)OC(CO)COP(=O)(O)OCC(COC(=O)CCCC/C=C\C/C=C\C/C=C\C/C=C\CC)OC(=O)CC/C=C\C/C=C\C/C=C\C/C=C\C/C=C\C/C=C\CC. The number of phosphoric ester groups is 1. The fourth-order valence-electron chi connectivity index (χ4n) is 6.69. The number of allylic oxidation sites excluding steroid dienone is 32. The summed E-state index contributed by atoms with van der Waals surface area (Å²) in [5, 5.41) is 9.82. The Balaban J connectivity index is 4.98. The summed E-state index contributed by atoms with van der Waals surface area (Å²) in [4.78, 5) is 48.5. The van der Waals surface area contributed by atoms with Crippen molar-refractivity contribution < 1.29 is 52.2 Å². The molecule has 12 heteroatoms. The predicted octanol–water partition coefficient (Wildman–Crippen LogP) is 17.8. The highest BCUT2D eigenvalue weighted by molar-refractivity contribution is 7.47. The highest BCUT2D eigenvalue weighted by atomic mass is 31.2. The Kier molecular flexibility index (Phi) is 55.2. The van der Waals surface area contributed by atoms with Gasteiger partial charge in [0, 0.05) is 19.3 Å². The molecule has 0 heterocycles. The second kappa shape index (κ2) is 59.4. The van der Waals surface area contributed by atoms with Crippen molar-refractivity contribution in [1.29, 1.82) is 0 Å². The highest BCUT2D eigenvalue weighted by Gasteiger charge is 2.28. The molecule has 0 aromatic rings. The van der Waals surface area contributed by atoms with E-state index in [4.69, 9.17) is 23.3 Å². The van der Waals surface area contributed by atoms with Crippen LogP contribution in [0.2, 0.25) is 0 Å². The molecule has 0 fully saturated rings. The van der Waals surface area contributed by atoms with E-state index in [0.29, 0.717) is 32.1 Å². The summed E-state index contributed by atoms with van der Waals surface area (Å²) < 4.78 is 39.3.